The zero-order chi connectivity index (χ0) is 15.3. The number of nitrogens with one attached hydrogen (secondary N) is 2. The average Bonchev–Trinajstić information content (AvgIpc) is 2.47. The molecule has 0 amide bonds. The molecule has 2 N–H and O–H groups in total. The van der Waals surface area contributed by atoms with E-state index in [1.165, 1.54) is 6.42 Å². The van der Waals surface area contributed by atoms with Gasteiger partial charge < -0.3 is 15.0 Å². The lowest BCUT2D eigenvalue weighted by molar-refractivity contribution is -0.0518. The van der Waals surface area contributed by atoms with Crippen LogP contribution in [0.2, 0.25) is 0 Å². The summed E-state index contributed by atoms with van der Waals surface area (Å²) in [4.78, 5) is 19.5. The Morgan fingerprint density at radius 3 is 2.71 bits per heavy atom. The van der Waals surface area contributed by atoms with Gasteiger partial charge in [0.05, 0.1) is 5.69 Å². The van der Waals surface area contributed by atoms with E-state index in [4.69, 9.17) is 4.74 Å². The van der Waals surface area contributed by atoms with Gasteiger partial charge in [-0.3, -0.25) is 4.79 Å². The van der Waals surface area contributed by atoms with E-state index in [0.29, 0.717) is 18.3 Å². The first-order valence-corrected chi connectivity index (χ1v) is 7.92. The third-order valence-electron chi connectivity index (χ3n) is 4.14. The van der Waals surface area contributed by atoms with Gasteiger partial charge in [0, 0.05) is 19.7 Å². The van der Waals surface area contributed by atoms with Crippen LogP contribution < -0.4 is 10.9 Å². The van der Waals surface area contributed by atoms with Gasteiger partial charge >= 0.3 is 0 Å². The van der Waals surface area contributed by atoms with E-state index in [1.54, 1.807) is 13.2 Å². The Morgan fingerprint density at radius 2 is 2.10 bits per heavy atom. The van der Waals surface area contributed by atoms with E-state index in [9.17, 15) is 4.79 Å². The van der Waals surface area contributed by atoms with Crippen molar-refractivity contribution in [3.05, 3.63) is 27.9 Å². The molecule has 2 rings (SSSR count). The molecule has 1 aliphatic carbocycles. The highest BCUT2D eigenvalue weighted by molar-refractivity contribution is 5.10. The molecule has 1 fully saturated rings. The summed E-state index contributed by atoms with van der Waals surface area (Å²) in [5.74, 6) is 1.27. The number of aromatic amines is 1. The molecular formula is C16H27N3O2. The topological polar surface area (TPSA) is 67.0 Å². The van der Waals surface area contributed by atoms with E-state index >= 15 is 0 Å². The van der Waals surface area contributed by atoms with E-state index in [2.05, 4.69) is 29.1 Å². The van der Waals surface area contributed by atoms with Crippen molar-refractivity contribution in [3.8, 4) is 0 Å². The van der Waals surface area contributed by atoms with Crippen LogP contribution in [-0.2, 0) is 16.9 Å². The lowest BCUT2D eigenvalue weighted by Crippen LogP contribution is -2.36. The number of nitrogens with zero attached hydrogens (tertiary/aromatic N) is 1. The Labute approximate surface area is 126 Å². The van der Waals surface area contributed by atoms with Gasteiger partial charge in [-0.15, -0.1) is 0 Å². The van der Waals surface area contributed by atoms with E-state index in [1.807, 2.05) is 0 Å². The summed E-state index contributed by atoms with van der Waals surface area (Å²) in [6, 6.07) is 1.57. The fourth-order valence-corrected chi connectivity index (χ4v) is 2.96. The molecule has 1 saturated carbocycles. The van der Waals surface area contributed by atoms with Gasteiger partial charge in [0.25, 0.3) is 5.56 Å². The lowest BCUT2D eigenvalue weighted by Gasteiger charge is -2.34. The first-order chi connectivity index (χ1) is 10.1. The van der Waals surface area contributed by atoms with Gasteiger partial charge in [0.1, 0.15) is 11.4 Å². The van der Waals surface area contributed by atoms with Gasteiger partial charge in [0.2, 0.25) is 0 Å². The number of rotatable bonds is 6. The Morgan fingerprint density at radius 1 is 1.38 bits per heavy atom. The maximum absolute atomic E-state index is 11.9. The average molecular weight is 293 g/mol. The van der Waals surface area contributed by atoms with Gasteiger partial charge in [-0.2, -0.15) is 0 Å². The number of hydrogen-bond donors (Lipinski definition) is 2. The van der Waals surface area contributed by atoms with Crippen LogP contribution in [0.3, 0.4) is 0 Å². The predicted molar refractivity (Wildman–Crippen MR) is 83.2 cm³/mol. The normalized spacial score (nSPS) is 18.1. The summed E-state index contributed by atoms with van der Waals surface area (Å²) in [6.07, 6.45) is 5.32. The molecule has 118 valence electrons. The molecule has 1 aromatic rings. The lowest BCUT2D eigenvalue weighted by atomic mass is 9.84. The van der Waals surface area contributed by atoms with Crippen LogP contribution in [0.25, 0.3) is 0 Å². The summed E-state index contributed by atoms with van der Waals surface area (Å²) in [7, 11) is 1.72. The second kappa shape index (κ2) is 7.18. The van der Waals surface area contributed by atoms with Crippen molar-refractivity contribution in [2.24, 2.45) is 5.92 Å². The number of ether oxygens (including phenoxy) is 1. The smallest absolute Gasteiger partial charge is 0.251 e. The van der Waals surface area contributed by atoms with Crippen molar-refractivity contribution in [2.75, 3.05) is 13.7 Å². The Balaban J connectivity index is 2.19. The van der Waals surface area contributed by atoms with Crippen LogP contribution in [0.15, 0.2) is 10.9 Å². The molecule has 0 spiro atoms. The Kier molecular flexibility index (Phi) is 5.53. The minimum Gasteiger partial charge on any atom is -0.370 e. The van der Waals surface area contributed by atoms with Gasteiger partial charge in [-0.25, -0.2) is 4.98 Å². The number of methoxy groups -OCH3 is 1. The summed E-state index contributed by atoms with van der Waals surface area (Å²) in [5, 5.41) is 3.33. The molecule has 5 nitrogen and oxygen atoms in total. The summed E-state index contributed by atoms with van der Waals surface area (Å²) in [6.45, 7) is 5.85. The second-order valence-corrected chi connectivity index (χ2v) is 6.37. The van der Waals surface area contributed by atoms with Crippen molar-refractivity contribution in [1.29, 1.82) is 0 Å². The molecule has 0 unspecified atom stereocenters. The van der Waals surface area contributed by atoms with Crippen LogP contribution in [0.5, 0.6) is 0 Å². The summed E-state index contributed by atoms with van der Waals surface area (Å²) in [5.41, 5.74) is 0.283. The molecule has 0 saturated heterocycles. The SMILES string of the molecule is COC1(c2nc(CNCC(C)C)cc(=O)[nH]2)CCCCC1. The molecule has 0 aliphatic heterocycles. The minimum atomic E-state index is -0.411. The van der Waals surface area contributed by atoms with Crippen molar-refractivity contribution >= 4 is 0 Å². The largest absolute Gasteiger partial charge is 0.370 e. The third-order valence-corrected chi connectivity index (χ3v) is 4.14. The Bertz CT molecular complexity index is 504. The highest BCUT2D eigenvalue weighted by Gasteiger charge is 2.36. The standard InChI is InChI=1S/C16H27N3O2/c1-12(2)10-17-11-13-9-14(20)19-15(18-13)16(21-3)7-5-4-6-8-16/h9,12,17H,4-8,10-11H2,1-3H3,(H,18,19,20). The first-order valence-electron chi connectivity index (χ1n) is 7.92. The molecule has 0 radical (unpaired) electrons. The van der Waals surface area contributed by atoms with Gasteiger partial charge in [-0.1, -0.05) is 33.1 Å². The fourth-order valence-electron chi connectivity index (χ4n) is 2.96. The highest BCUT2D eigenvalue weighted by atomic mass is 16.5. The third kappa shape index (κ3) is 4.14. The van der Waals surface area contributed by atoms with Crippen LogP contribution in [0.1, 0.15) is 57.5 Å². The van der Waals surface area contributed by atoms with Crippen molar-refractivity contribution in [2.45, 2.75) is 58.1 Å². The molecule has 21 heavy (non-hydrogen) atoms. The predicted octanol–water partition coefficient (Wildman–Crippen LogP) is 2.32. The molecule has 1 aliphatic rings. The van der Waals surface area contributed by atoms with Gasteiger partial charge in [0.15, 0.2) is 0 Å². The maximum Gasteiger partial charge on any atom is 0.251 e. The minimum absolute atomic E-state index is 0.0941. The van der Waals surface area contributed by atoms with Crippen LogP contribution in [0.4, 0.5) is 0 Å². The first kappa shape index (κ1) is 16.2. The number of aromatic nitrogens is 2. The molecule has 1 heterocycles. The number of H-pyrrole nitrogens is 1. The van der Waals surface area contributed by atoms with Crippen molar-refractivity contribution in [1.82, 2.24) is 15.3 Å². The molecular weight excluding hydrogens is 266 g/mol. The van der Waals surface area contributed by atoms with Crippen LogP contribution >= 0.6 is 0 Å². The number of hydrogen-bond acceptors (Lipinski definition) is 4. The highest BCUT2D eigenvalue weighted by Crippen LogP contribution is 2.37. The van der Waals surface area contributed by atoms with E-state index in [0.717, 1.165) is 37.9 Å². The van der Waals surface area contributed by atoms with Gasteiger partial charge in [-0.05, 0) is 25.3 Å². The molecule has 5 heteroatoms. The molecule has 0 aromatic carbocycles. The van der Waals surface area contributed by atoms with Crippen molar-refractivity contribution in [3.63, 3.8) is 0 Å². The molecule has 0 atom stereocenters. The summed E-state index contributed by atoms with van der Waals surface area (Å²) >= 11 is 0. The quantitative estimate of drug-likeness (QED) is 0.844. The monoisotopic (exact) mass is 293 g/mol. The van der Waals surface area contributed by atoms with E-state index < -0.39 is 5.60 Å². The second-order valence-electron chi connectivity index (χ2n) is 6.37. The zero-order valence-electron chi connectivity index (χ0n) is 13.4. The van der Waals surface area contributed by atoms with E-state index in [-0.39, 0.29) is 5.56 Å². The van der Waals surface area contributed by atoms with Crippen LogP contribution in [0, 0.1) is 5.92 Å². The maximum atomic E-state index is 11.9. The molecule has 0 bridgehead atoms. The molecule has 1 aromatic heterocycles. The van der Waals surface area contributed by atoms with Crippen LogP contribution in [-0.4, -0.2) is 23.6 Å². The zero-order valence-corrected chi connectivity index (χ0v) is 13.4. The summed E-state index contributed by atoms with van der Waals surface area (Å²) < 4.78 is 5.76. The Hall–Kier alpha value is -1.20. The fraction of sp³-hybridized carbons (Fsp3) is 0.750. The van der Waals surface area contributed by atoms with Crippen molar-refractivity contribution < 1.29 is 4.74 Å².